The molecule has 19 nitrogen and oxygen atoms in total. The number of esters is 2. The van der Waals surface area contributed by atoms with Crippen LogP contribution in [-0.4, -0.2) is 96.9 Å². The van der Waals surface area contributed by atoms with Crippen LogP contribution in [0.25, 0.3) is 0 Å². The number of nitrogens with zero attached hydrogens (tertiary/aromatic N) is 2. The normalized spacial score (nSPS) is 20.2. The molecule has 2 heterocycles. The number of rotatable bonds is 40. The molecule has 8 atom stereocenters. The van der Waals surface area contributed by atoms with Crippen molar-refractivity contribution in [2.24, 2.45) is 0 Å². The monoisotopic (exact) mass is 1020 g/mol. The van der Waals surface area contributed by atoms with Crippen LogP contribution in [0.2, 0.25) is 0 Å². The van der Waals surface area contributed by atoms with Crippen LogP contribution in [0.5, 0.6) is 0 Å². The number of aromatic nitrogens is 2. The van der Waals surface area contributed by atoms with Crippen LogP contribution in [0, 0.1) is 0 Å². The predicted molar refractivity (Wildman–Crippen MR) is 262 cm³/mol. The summed E-state index contributed by atoms with van der Waals surface area (Å²) in [5.41, 5.74) is 4.58. The predicted octanol–water partition coefficient (Wildman–Crippen LogP) is 8.75. The van der Waals surface area contributed by atoms with E-state index in [1.54, 1.807) is 0 Å². The summed E-state index contributed by atoms with van der Waals surface area (Å²) < 4.78 is 56.6. The van der Waals surface area contributed by atoms with Crippen LogP contribution in [0.15, 0.2) is 65.7 Å². The van der Waals surface area contributed by atoms with Crippen molar-refractivity contribution in [1.29, 1.82) is 0 Å². The van der Waals surface area contributed by atoms with Crippen molar-refractivity contribution in [3.8, 4) is 0 Å². The number of allylic oxidation sites excluding steroid dienone is 7. The SMILES string of the molecule is CCCCCCCCCCCCCCCC(=O)O[C@H](COC(=O)CCC/C=C\C/C=C\C/C=C\C/C=C\CC(O)CCC)COP(=O)(O)OP(=O)(O)OC[C@H]1O[C@@H](n2ccc(N)nc2=O)[C@H](O)[C@@H]1O. The lowest BCUT2D eigenvalue weighted by molar-refractivity contribution is -0.161. The second-order valence-electron chi connectivity index (χ2n) is 17.1. The largest absolute Gasteiger partial charge is 0.481 e. The molecule has 2 rings (SSSR count). The van der Waals surface area contributed by atoms with Gasteiger partial charge in [-0.3, -0.25) is 23.2 Å². The smallest absolute Gasteiger partial charge is 0.462 e. The van der Waals surface area contributed by atoms with E-state index in [-0.39, 0.29) is 24.8 Å². The van der Waals surface area contributed by atoms with E-state index in [1.165, 1.54) is 57.4 Å². The standard InChI is InChI=1S/C48H81N3O16P2/c1-3-5-6-7-8-9-10-12-17-20-23-26-29-33-44(54)65-40(36-62-43(53)32-28-25-22-19-16-14-11-13-15-18-21-24-27-31-39(52)30-4-2)37-63-68(58,59)67-69(60,61)64-38-41-45(55)46(56)47(66-41)51-35-34-42(49)50-48(51)57/h11,14-15,18-19,22,24,27,34-35,39-41,45-47,52,55-56H,3-10,12-13,16-17,20-21,23,25-26,28-33,36-38H2,1-2H3,(H,58,59)(H,60,61)(H2,49,50,57)/b14-11-,18-15-,22-19-,27-24-/t39?,40-,41-,45-,46-,47-/m1/s1. The molecule has 0 aliphatic carbocycles. The Balaban J connectivity index is 1.83. The van der Waals surface area contributed by atoms with E-state index >= 15 is 0 Å². The zero-order chi connectivity index (χ0) is 50.8. The third-order valence-electron chi connectivity index (χ3n) is 11.0. The molecule has 0 spiro atoms. The molecule has 7 N–H and O–H groups in total. The van der Waals surface area contributed by atoms with Crippen molar-refractivity contribution in [3.63, 3.8) is 0 Å². The van der Waals surface area contributed by atoms with E-state index in [0.717, 1.165) is 68.6 Å². The number of hydrogen-bond donors (Lipinski definition) is 6. The minimum atomic E-state index is -5.44. The number of aliphatic hydroxyl groups excluding tert-OH is 3. The molecule has 0 saturated carbocycles. The molecule has 1 saturated heterocycles. The number of anilines is 1. The van der Waals surface area contributed by atoms with Gasteiger partial charge in [-0.05, 0) is 57.4 Å². The highest BCUT2D eigenvalue weighted by molar-refractivity contribution is 7.61. The van der Waals surface area contributed by atoms with Gasteiger partial charge in [-0.2, -0.15) is 9.29 Å². The third kappa shape index (κ3) is 29.6. The Morgan fingerprint density at radius 2 is 1.30 bits per heavy atom. The number of nitrogens with two attached hydrogens (primary N) is 1. The Hall–Kier alpha value is -3.32. The average Bonchev–Trinajstić information content (AvgIpc) is 3.57. The van der Waals surface area contributed by atoms with Crippen molar-refractivity contribution in [3.05, 3.63) is 71.4 Å². The highest BCUT2D eigenvalue weighted by Gasteiger charge is 2.46. The first-order valence-electron chi connectivity index (χ1n) is 24.7. The third-order valence-corrected chi connectivity index (χ3v) is 13.6. The summed E-state index contributed by atoms with van der Waals surface area (Å²) in [7, 11) is -10.9. The summed E-state index contributed by atoms with van der Waals surface area (Å²) in [5, 5.41) is 30.6. The van der Waals surface area contributed by atoms with E-state index in [2.05, 4.69) is 41.4 Å². The van der Waals surface area contributed by atoms with Gasteiger partial charge >= 0.3 is 33.3 Å². The van der Waals surface area contributed by atoms with Crippen molar-refractivity contribution < 1.29 is 71.4 Å². The van der Waals surface area contributed by atoms with Crippen LogP contribution in [0.1, 0.15) is 168 Å². The Morgan fingerprint density at radius 1 is 0.754 bits per heavy atom. The molecule has 1 aromatic rings. The quantitative estimate of drug-likeness (QED) is 0.0155. The topological polar surface area (TPSA) is 286 Å². The van der Waals surface area contributed by atoms with Crippen molar-refractivity contribution in [1.82, 2.24) is 9.55 Å². The lowest BCUT2D eigenvalue weighted by atomic mass is 10.0. The first kappa shape index (κ1) is 61.8. The van der Waals surface area contributed by atoms with Gasteiger partial charge in [0.25, 0.3) is 0 Å². The maximum absolute atomic E-state index is 12.8. The van der Waals surface area contributed by atoms with Crippen molar-refractivity contribution in [2.45, 2.75) is 198 Å². The summed E-state index contributed by atoms with van der Waals surface area (Å²) in [5.74, 6) is -1.38. The lowest BCUT2D eigenvalue weighted by Gasteiger charge is -2.21. The summed E-state index contributed by atoms with van der Waals surface area (Å²) in [6.45, 7) is 1.89. The highest BCUT2D eigenvalue weighted by Crippen LogP contribution is 2.60. The molecule has 3 unspecified atom stereocenters. The molecule has 0 amide bonds. The van der Waals surface area contributed by atoms with Gasteiger partial charge in [0, 0.05) is 19.0 Å². The van der Waals surface area contributed by atoms with Gasteiger partial charge < -0.3 is 45.1 Å². The Kier molecular flexibility index (Phi) is 32.8. The van der Waals surface area contributed by atoms with Gasteiger partial charge in [0.05, 0.1) is 19.3 Å². The zero-order valence-corrected chi connectivity index (χ0v) is 42.5. The summed E-state index contributed by atoms with van der Waals surface area (Å²) in [4.78, 5) is 61.8. The van der Waals surface area contributed by atoms with Crippen LogP contribution in [0.4, 0.5) is 5.82 Å². The minimum absolute atomic E-state index is 0.0326. The van der Waals surface area contributed by atoms with Gasteiger partial charge in [-0.1, -0.05) is 146 Å². The second kappa shape index (κ2) is 36.6. The molecular weight excluding hydrogens is 936 g/mol. The fourth-order valence-corrected chi connectivity index (χ4v) is 9.25. The van der Waals surface area contributed by atoms with E-state index in [9.17, 15) is 48.6 Å². The van der Waals surface area contributed by atoms with E-state index in [0.29, 0.717) is 25.7 Å². The summed E-state index contributed by atoms with van der Waals surface area (Å²) in [6.07, 6.45) is 29.8. The Morgan fingerprint density at radius 3 is 1.90 bits per heavy atom. The number of aliphatic hydroxyl groups is 3. The van der Waals surface area contributed by atoms with Crippen molar-refractivity contribution in [2.75, 3.05) is 25.6 Å². The molecule has 394 valence electrons. The highest BCUT2D eigenvalue weighted by atomic mass is 31.3. The van der Waals surface area contributed by atoms with Crippen LogP contribution in [-0.2, 0) is 46.3 Å². The number of ether oxygens (including phenoxy) is 3. The lowest BCUT2D eigenvalue weighted by Crippen LogP contribution is -2.36. The Bertz CT molecular complexity index is 1860. The van der Waals surface area contributed by atoms with Crippen LogP contribution >= 0.6 is 15.6 Å². The second-order valence-corrected chi connectivity index (χ2v) is 20.2. The number of carbonyl (C=O) groups excluding carboxylic acids is 2. The van der Waals surface area contributed by atoms with Gasteiger partial charge in [-0.15, -0.1) is 0 Å². The molecule has 0 aromatic carbocycles. The van der Waals surface area contributed by atoms with Gasteiger partial charge in [-0.25, -0.2) is 13.9 Å². The maximum Gasteiger partial charge on any atom is 0.481 e. The summed E-state index contributed by atoms with van der Waals surface area (Å²) >= 11 is 0. The van der Waals surface area contributed by atoms with Gasteiger partial charge in [0.2, 0.25) is 0 Å². The number of carbonyl (C=O) groups is 2. The maximum atomic E-state index is 12.8. The molecule has 1 aliphatic rings. The first-order chi connectivity index (χ1) is 33.1. The number of phosphoric ester groups is 2. The molecule has 21 heteroatoms. The Labute approximate surface area is 408 Å². The van der Waals surface area contributed by atoms with Gasteiger partial charge in [0.1, 0.15) is 30.7 Å². The van der Waals surface area contributed by atoms with E-state index < -0.39 is 83.7 Å². The molecule has 1 aromatic heterocycles. The minimum Gasteiger partial charge on any atom is -0.462 e. The van der Waals surface area contributed by atoms with Crippen LogP contribution < -0.4 is 11.4 Å². The number of unbranched alkanes of at least 4 members (excludes halogenated alkanes) is 13. The molecule has 0 bridgehead atoms. The van der Waals surface area contributed by atoms with E-state index in [4.69, 9.17) is 29.0 Å². The molecule has 1 aliphatic heterocycles. The number of hydrogen-bond acceptors (Lipinski definition) is 16. The zero-order valence-electron chi connectivity index (χ0n) is 40.7. The number of nitrogen functional groups attached to an aromatic ring is 1. The van der Waals surface area contributed by atoms with Crippen LogP contribution in [0.3, 0.4) is 0 Å². The molecule has 69 heavy (non-hydrogen) atoms. The fourth-order valence-electron chi connectivity index (χ4n) is 7.14. The fraction of sp³-hybridized carbons (Fsp3) is 0.708. The average molecular weight is 1020 g/mol. The molecule has 1 fully saturated rings. The number of phosphoric acid groups is 2. The van der Waals surface area contributed by atoms with Gasteiger partial charge in [0.15, 0.2) is 12.3 Å². The molecule has 0 radical (unpaired) electrons. The summed E-state index contributed by atoms with van der Waals surface area (Å²) in [6, 6.07) is 1.24. The van der Waals surface area contributed by atoms with Crippen molar-refractivity contribution >= 4 is 33.4 Å². The van der Waals surface area contributed by atoms with E-state index in [1.807, 2.05) is 30.4 Å². The molecular formula is C48H81N3O16P2. The first-order valence-corrected chi connectivity index (χ1v) is 27.7.